The molecule has 124 valence electrons. The van der Waals surface area contributed by atoms with Crippen molar-refractivity contribution in [1.82, 2.24) is 10.2 Å². The predicted octanol–water partition coefficient (Wildman–Crippen LogP) is 2.29. The van der Waals surface area contributed by atoms with Crippen molar-refractivity contribution in [3.63, 3.8) is 0 Å². The molecule has 0 spiro atoms. The van der Waals surface area contributed by atoms with Crippen molar-refractivity contribution in [1.29, 1.82) is 0 Å². The molecular formula is C16H14IN3O4. The number of nitrogens with one attached hydrogen (secondary N) is 2. The van der Waals surface area contributed by atoms with Gasteiger partial charge in [0.1, 0.15) is 12.3 Å². The third-order valence-corrected chi connectivity index (χ3v) is 4.44. The zero-order valence-electron chi connectivity index (χ0n) is 12.7. The highest BCUT2D eigenvalue weighted by atomic mass is 127. The lowest BCUT2D eigenvalue weighted by Gasteiger charge is -2.18. The van der Waals surface area contributed by atoms with Gasteiger partial charge >= 0.3 is 6.03 Å². The van der Waals surface area contributed by atoms with Crippen molar-refractivity contribution in [2.45, 2.75) is 12.5 Å². The van der Waals surface area contributed by atoms with Gasteiger partial charge in [0.2, 0.25) is 5.91 Å². The van der Waals surface area contributed by atoms with E-state index in [2.05, 4.69) is 33.2 Å². The number of hydrogen-bond donors (Lipinski definition) is 2. The summed E-state index contributed by atoms with van der Waals surface area (Å²) in [6.45, 7) is 1.18. The van der Waals surface area contributed by atoms with E-state index in [4.69, 9.17) is 4.42 Å². The van der Waals surface area contributed by atoms with Gasteiger partial charge in [-0.25, -0.2) is 4.79 Å². The number of carbonyl (C=O) groups excluding carboxylic acids is 3. The van der Waals surface area contributed by atoms with Gasteiger partial charge in [0.25, 0.3) is 5.91 Å². The summed E-state index contributed by atoms with van der Waals surface area (Å²) in [7, 11) is 0. The maximum atomic E-state index is 12.6. The predicted molar refractivity (Wildman–Crippen MR) is 94.1 cm³/mol. The van der Waals surface area contributed by atoms with E-state index in [0.717, 1.165) is 8.47 Å². The molecule has 0 radical (unpaired) electrons. The van der Waals surface area contributed by atoms with Crippen molar-refractivity contribution in [3.8, 4) is 0 Å². The van der Waals surface area contributed by atoms with Gasteiger partial charge in [-0.2, -0.15) is 0 Å². The average molecular weight is 439 g/mol. The molecular weight excluding hydrogens is 425 g/mol. The number of amides is 4. The van der Waals surface area contributed by atoms with Gasteiger partial charge in [-0.05, 0) is 65.9 Å². The van der Waals surface area contributed by atoms with Crippen LogP contribution in [0.15, 0.2) is 47.1 Å². The molecule has 24 heavy (non-hydrogen) atoms. The van der Waals surface area contributed by atoms with Crippen LogP contribution in [0.25, 0.3) is 0 Å². The van der Waals surface area contributed by atoms with Crippen molar-refractivity contribution in [2.75, 3.05) is 11.9 Å². The monoisotopic (exact) mass is 439 g/mol. The number of carbonyl (C=O) groups is 3. The van der Waals surface area contributed by atoms with Crippen molar-refractivity contribution >= 4 is 46.1 Å². The molecule has 0 bridgehead atoms. The molecule has 8 heteroatoms. The summed E-state index contributed by atoms with van der Waals surface area (Å²) in [5.41, 5.74) is -0.703. The summed E-state index contributed by atoms with van der Waals surface area (Å²) in [6.07, 6.45) is 1.42. The fraction of sp³-hybridized carbons (Fsp3) is 0.188. The van der Waals surface area contributed by atoms with E-state index in [9.17, 15) is 14.4 Å². The Kier molecular flexibility index (Phi) is 4.31. The van der Waals surface area contributed by atoms with Crippen LogP contribution in [0.3, 0.4) is 0 Å². The van der Waals surface area contributed by atoms with Gasteiger partial charge in [0, 0.05) is 9.26 Å². The fourth-order valence-electron chi connectivity index (χ4n) is 2.45. The third-order valence-electron chi connectivity index (χ3n) is 3.72. The molecule has 7 nitrogen and oxygen atoms in total. The van der Waals surface area contributed by atoms with Crippen LogP contribution in [-0.4, -0.2) is 29.3 Å². The molecule has 1 aliphatic heterocycles. The Morgan fingerprint density at radius 3 is 2.62 bits per heavy atom. The molecule has 0 saturated carbocycles. The normalized spacial score (nSPS) is 20.2. The van der Waals surface area contributed by atoms with Gasteiger partial charge in [0.15, 0.2) is 5.54 Å². The number of halogens is 1. The van der Waals surface area contributed by atoms with Crippen LogP contribution in [0.5, 0.6) is 0 Å². The van der Waals surface area contributed by atoms with E-state index in [1.165, 1.54) is 6.26 Å². The quantitative estimate of drug-likeness (QED) is 0.565. The Bertz CT molecular complexity index is 788. The van der Waals surface area contributed by atoms with Crippen molar-refractivity contribution in [3.05, 3.63) is 52.0 Å². The van der Waals surface area contributed by atoms with Crippen molar-refractivity contribution < 1.29 is 18.8 Å². The zero-order valence-corrected chi connectivity index (χ0v) is 14.9. The van der Waals surface area contributed by atoms with Gasteiger partial charge in [-0.1, -0.05) is 0 Å². The maximum Gasteiger partial charge on any atom is 0.325 e. The molecule has 1 aromatic heterocycles. The first-order valence-electron chi connectivity index (χ1n) is 7.13. The second kappa shape index (κ2) is 6.27. The average Bonchev–Trinajstić information content (AvgIpc) is 3.14. The molecule has 1 aromatic carbocycles. The lowest BCUT2D eigenvalue weighted by Crippen LogP contribution is -2.41. The minimum atomic E-state index is -1.30. The smallest absolute Gasteiger partial charge is 0.325 e. The summed E-state index contributed by atoms with van der Waals surface area (Å²) in [4.78, 5) is 37.7. The molecule has 1 aliphatic rings. The Morgan fingerprint density at radius 1 is 1.29 bits per heavy atom. The van der Waals surface area contributed by atoms with E-state index in [-0.39, 0.29) is 6.54 Å². The van der Waals surface area contributed by atoms with Crippen LogP contribution in [0.1, 0.15) is 12.7 Å². The van der Waals surface area contributed by atoms with Crippen LogP contribution in [0.2, 0.25) is 0 Å². The molecule has 2 heterocycles. The maximum absolute atomic E-state index is 12.6. The number of nitrogens with zero attached hydrogens (tertiary/aromatic N) is 1. The number of benzene rings is 1. The highest BCUT2D eigenvalue weighted by molar-refractivity contribution is 14.1. The van der Waals surface area contributed by atoms with Crippen LogP contribution < -0.4 is 10.6 Å². The zero-order chi connectivity index (χ0) is 17.3. The van der Waals surface area contributed by atoms with E-state index in [0.29, 0.717) is 11.4 Å². The first kappa shape index (κ1) is 16.5. The minimum Gasteiger partial charge on any atom is -0.466 e. The SMILES string of the molecule is CC1(c2ccco2)NC(=O)N(CC(=O)Nc2ccc(I)cc2)C1=O. The molecule has 1 saturated heterocycles. The molecule has 1 atom stereocenters. The second-order valence-corrected chi connectivity index (χ2v) is 6.72. The molecule has 0 aliphatic carbocycles. The Morgan fingerprint density at radius 2 is 2.00 bits per heavy atom. The second-order valence-electron chi connectivity index (χ2n) is 5.48. The Hall–Kier alpha value is -2.36. The third kappa shape index (κ3) is 3.01. The van der Waals surface area contributed by atoms with E-state index >= 15 is 0 Å². The standard InChI is InChI=1S/C16H14IN3O4/c1-16(12-3-2-8-24-12)14(22)20(15(23)19-16)9-13(21)18-11-6-4-10(17)5-7-11/h2-8H,9H2,1H3,(H,18,21)(H,19,23). The van der Waals surface area contributed by atoms with Gasteiger partial charge in [-0.3, -0.25) is 14.5 Å². The number of hydrogen-bond acceptors (Lipinski definition) is 4. The van der Waals surface area contributed by atoms with E-state index in [1.807, 2.05) is 12.1 Å². The topological polar surface area (TPSA) is 91.7 Å². The van der Waals surface area contributed by atoms with Gasteiger partial charge < -0.3 is 15.1 Å². The summed E-state index contributed by atoms with van der Waals surface area (Å²) in [6, 6.07) is 9.79. The number of imide groups is 1. The van der Waals surface area contributed by atoms with E-state index in [1.54, 1.807) is 31.2 Å². The summed E-state index contributed by atoms with van der Waals surface area (Å²) >= 11 is 2.16. The lowest BCUT2D eigenvalue weighted by atomic mass is 9.99. The Balaban J connectivity index is 1.71. The number of anilines is 1. The minimum absolute atomic E-state index is 0.321. The lowest BCUT2D eigenvalue weighted by molar-refractivity contribution is -0.134. The van der Waals surface area contributed by atoms with Crippen LogP contribution in [0, 0.1) is 3.57 Å². The number of furan rings is 1. The first-order valence-corrected chi connectivity index (χ1v) is 8.21. The first-order chi connectivity index (χ1) is 11.4. The highest BCUT2D eigenvalue weighted by Crippen LogP contribution is 2.28. The Labute approximate surface area is 151 Å². The summed E-state index contributed by atoms with van der Waals surface area (Å²) < 4.78 is 6.27. The number of urea groups is 1. The highest BCUT2D eigenvalue weighted by Gasteiger charge is 2.51. The molecule has 2 N–H and O–H groups in total. The van der Waals surface area contributed by atoms with E-state index < -0.39 is 23.4 Å². The van der Waals surface area contributed by atoms with Gasteiger partial charge in [0.05, 0.1) is 6.26 Å². The van der Waals surface area contributed by atoms with Crippen LogP contribution in [0.4, 0.5) is 10.5 Å². The fourth-order valence-corrected chi connectivity index (χ4v) is 2.81. The van der Waals surface area contributed by atoms with Crippen LogP contribution in [-0.2, 0) is 15.1 Å². The summed E-state index contributed by atoms with van der Waals surface area (Å²) in [5.74, 6) is -0.662. The molecule has 3 rings (SSSR count). The van der Waals surface area contributed by atoms with Crippen LogP contribution >= 0.6 is 22.6 Å². The summed E-state index contributed by atoms with van der Waals surface area (Å²) in [5, 5.41) is 5.23. The largest absolute Gasteiger partial charge is 0.466 e. The van der Waals surface area contributed by atoms with Gasteiger partial charge in [-0.15, -0.1) is 0 Å². The molecule has 4 amide bonds. The van der Waals surface area contributed by atoms with Crippen molar-refractivity contribution in [2.24, 2.45) is 0 Å². The number of rotatable bonds is 4. The molecule has 2 aromatic rings. The molecule has 1 fully saturated rings. The molecule has 1 unspecified atom stereocenters.